The van der Waals surface area contributed by atoms with Gasteiger partial charge in [0.1, 0.15) is 11.9 Å². The molecule has 1 fully saturated rings. The zero-order valence-electron chi connectivity index (χ0n) is 15.1. The van der Waals surface area contributed by atoms with Gasteiger partial charge in [-0.2, -0.15) is 0 Å². The lowest BCUT2D eigenvalue weighted by Gasteiger charge is -2.29. The van der Waals surface area contributed by atoms with Crippen molar-refractivity contribution >= 4 is 5.91 Å². The average molecular weight is 356 g/mol. The highest BCUT2D eigenvalue weighted by molar-refractivity contribution is 5.77. The molecule has 1 N–H and O–H groups in total. The molecule has 7 heteroatoms. The molecule has 0 saturated heterocycles. The summed E-state index contributed by atoms with van der Waals surface area (Å²) in [4.78, 5) is 24.6. The SMILES string of the molecule is Cc1cc(C)nc(OC2CCC(NC(=O)COc3cccnc3)CC2)n1. The molecule has 1 aliphatic rings. The van der Waals surface area contributed by atoms with Gasteiger partial charge in [-0.1, -0.05) is 0 Å². The van der Waals surface area contributed by atoms with E-state index in [1.807, 2.05) is 19.9 Å². The summed E-state index contributed by atoms with van der Waals surface area (Å²) in [6.45, 7) is 3.86. The summed E-state index contributed by atoms with van der Waals surface area (Å²) in [6.07, 6.45) is 6.81. The monoisotopic (exact) mass is 356 g/mol. The molecule has 2 heterocycles. The van der Waals surface area contributed by atoms with Crippen LogP contribution in [0.4, 0.5) is 0 Å². The average Bonchev–Trinajstić information content (AvgIpc) is 2.62. The first-order valence-corrected chi connectivity index (χ1v) is 8.89. The van der Waals surface area contributed by atoms with Gasteiger partial charge in [0.05, 0.1) is 6.20 Å². The zero-order chi connectivity index (χ0) is 18.4. The maximum Gasteiger partial charge on any atom is 0.317 e. The standard InChI is InChI=1S/C19H24N4O3/c1-13-10-14(2)22-19(21-13)26-16-7-5-15(6-8-16)23-18(24)12-25-17-4-3-9-20-11-17/h3-4,9-11,15-16H,5-8,12H2,1-2H3,(H,23,24). The molecular formula is C19H24N4O3. The maximum absolute atomic E-state index is 12.0. The molecule has 0 aromatic carbocycles. The Hall–Kier alpha value is -2.70. The third-order valence-electron chi connectivity index (χ3n) is 4.28. The molecule has 1 saturated carbocycles. The number of carbonyl (C=O) groups is 1. The summed E-state index contributed by atoms with van der Waals surface area (Å²) in [5, 5.41) is 3.02. The number of aryl methyl sites for hydroxylation is 2. The fraction of sp³-hybridized carbons (Fsp3) is 0.474. The fourth-order valence-corrected chi connectivity index (χ4v) is 3.07. The van der Waals surface area contributed by atoms with Crippen LogP contribution in [0.2, 0.25) is 0 Å². The van der Waals surface area contributed by atoms with Crippen molar-refractivity contribution in [3.63, 3.8) is 0 Å². The Bertz CT molecular complexity index is 711. The molecule has 1 aliphatic carbocycles. The van der Waals surface area contributed by atoms with Crippen molar-refractivity contribution in [2.75, 3.05) is 6.61 Å². The Kier molecular flexibility index (Phi) is 5.99. The van der Waals surface area contributed by atoms with E-state index in [1.165, 1.54) is 0 Å². The van der Waals surface area contributed by atoms with Crippen LogP contribution in [0, 0.1) is 13.8 Å². The molecule has 26 heavy (non-hydrogen) atoms. The van der Waals surface area contributed by atoms with Crippen LogP contribution in [0.3, 0.4) is 0 Å². The largest absolute Gasteiger partial charge is 0.482 e. The van der Waals surface area contributed by atoms with Gasteiger partial charge in [-0.3, -0.25) is 9.78 Å². The van der Waals surface area contributed by atoms with Gasteiger partial charge in [-0.05, 0) is 57.7 Å². The minimum atomic E-state index is -0.115. The van der Waals surface area contributed by atoms with Crippen LogP contribution in [-0.2, 0) is 4.79 Å². The van der Waals surface area contributed by atoms with Gasteiger partial charge in [0.25, 0.3) is 5.91 Å². The van der Waals surface area contributed by atoms with E-state index >= 15 is 0 Å². The number of ether oxygens (including phenoxy) is 2. The van der Waals surface area contributed by atoms with E-state index in [0.717, 1.165) is 37.1 Å². The van der Waals surface area contributed by atoms with Crippen molar-refractivity contribution in [1.82, 2.24) is 20.3 Å². The van der Waals surface area contributed by atoms with E-state index in [0.29, 0.717) is 11.8 Å². The number of pyridine rings is 1. The highest BCUT2D eigenvalue weighted by Gasteiger charge is 2.24. The second-order valence-electron chi connectivity index (χ2n) is 6.57. The summed E-state index contributed by atoms with van der Waals surface area (Å²) >= 11 is 0. The van der Waals surface area contributed by atoms with E-state index < -0.39 is 0 Å². The van der Waals surface area contributed by atoms with Gasteiger partial charge in [0.2, 0.25) is 0 Å². The van der Waals surface area contributed by atoms with Crippen LogP contribution in [0.25, 0.3) is 0 Å². The summed E-state index contributed by atoms with van der Waals surface area (Å²) in [6, 6.07) is 6.07. The number of hydrogen-bond acceptors (Lipinski definition) is 6. The Morgan fingerprint density at radius 3 is 2.58 bits per heavy atom. The van der Waals surface area contributed by atoms with Gasteiger partial charge in [-0.25, -0.2) is 9.97 Å². The second-order valence-corrected chi connectivity index (χ2v) is 6.57. The topological polar surface area (TPSA) is 86.2 Å². The van der Waals surface area contributed by atoms with Gasteiger partial charge in [0.15, 0.2) is 6.61 Å². The van der Waals surface area contributed by atoms with E-state index in [1.54, 1.807) is 24.5 Å². The molecule has 0 radical (unpaired) electrons. The number of aromatic nitrogens is 3. The molecule has 0 bridgehead atoms. The third kappa shape index (κ3) is 5.40. The number of amides is 1. The van der Waals surface area contributed by atoms with Crippen molar-refractivity contribution in [2.24, 2.45) is 0 Å². The highest BCUT2D eigenvalue weighted by atomic mass is 16.5. The van der Waals surface area contributed by atoms with Gasteiger partial charge >= 0.3 is 6.01 Å². The summed E-state index contributed by atoms with van der Waals surface area (Å²) < 4.78 is 11.3. The van der Waals surface area contributed by atoms with Gasteiger partial charge < -0.3 is 14.8 Å². The smallest absolute Gasteiger partial charge is 0.317 e. The van der Waals surface area contributed by atoms with E-state index in [2.05, 4.69) is 20.3 Å². The van der Waals surface area contributed by atoms with Crippen LogP contribution in [-0.4, -0.2) is 39.6 Å². The molecule has 2 aromatic rings. The summed E-state index contributed by atoms with van der Waals surface area (Å²) in [7, 11) is 0. The molecule has 1 amide bonds. The molecule has 138 valence electrons. The summed E-state index contributed by atoms with van der Waals surface area (Å²) in [5.74, 6) is 0.476. The maximum atomic E-state index is 12.0. The quantitative estimate of drug-likeness (QED) is 0.855. The van der Waals surface area contributed by atoms with Crippen LogP contribution < -0.4 is 14.8 Å². The molecule has 0 aliphatic heterocycles. The lowest BCUT2D eigenvalue weighted by atomic mass is 9.93. The van der Waals surface area contributed by atoms with E-state index in [9.17, 15) is 4.79 Å². The zero-order valence-corrected chi connectivity index (χ0v) is 15.1. The molecular weight excluding hydrogens is 332 g/mol. The number of nitrogens with one attached hydrogen (secondary N) is 1. The van der Waals surface area contributed by atoms with Gasteiger partial charge in [-0.15, -0.1) is 0 Å². The van der Waals surface area contributed by atoms with Crippen LogP contribution in [0.5, 0.6) is 11.8 Å². The van der Waals surface area contributed by atoms with Crippen molar-refractivity contribution in [3.8, 4) is 11.8 Å². The predicted octanol–water partition coefficient (Wildman–Crippen LogP) is 2.37. The number of rotatable bonds is 6. The van der Waals surface area contributed by atoms with Gasteiger partial charge in [0, 0.05) is 23.6 Å². The van der Waals surface area contributed by atoms with Crippen molar-refractivity contribution in [1.29, 1.82) is 0 Å². The Labute approximate surface area is 153 Å². The van der Waals surface area contributed by atoms with E-state index in [-0.39, 0.29) is 24.7 Å². The molecule has 0 spiro atoms. The number of nitrogens with zero attached hydrogens (tertiary/aromatic N) is 3. The van der Waals surface area contributed by atoms with Crippen molar-refractivity contribution in [2.45, 2.75) is 51.7 Å². The third-order valence-corrected chi connectivity index (χ3v) is 4.28. The first-order chi connectivity index (χ1) is 12.6. The minimum Gasteiger partial charge on any atom is -0.482 e. The van der Waals surface area contributed by atoms with Crippen LogP contribution in [0.15, 0.2) is 30.6 Å². The van der Waals surface area contributed by atoms with Crippen molar-refractivity contribution < 1.29 is 14.3 Å². The minimum absolute atomic E-state index is 0.00146. The first-order valence-electron chi connectivity index (χ1n) is 8.89. The second kappa shape index (κ2) is 8.60. The normalized spacial score (nSPS) is 19.6. The Morgan fingerprint density at radius 2 is 1.92 bits per heavy atom. The van der Waals surface area contributed by atoms with E-state index in [4.69, 9.17) is 9.47 Å². The molecule has 2 aromatic heterocycles. The summed E-state index contributed by atoms with van der Waals surface area (Å²) in [5.41, 5.74) is 1.81. The molecule has 7 nitrogen and oxygen atoms in total. The lowest BCUT2D eigenvalue weighted by molar-refractivity contribution is -0.124. The Balaban J connectivity index is 1.40. The first kappa shape index (κ1) is 18.1. The van der Waals surface area contributed by atoms with Crippen molar-refractivity contribution in [3.05, 3.63) is 42.0 Å². The Morgan fingerprint density at radius 1 is 1.19 bits per heavy atom. The lowest BCUT2D eigenvalue weighted by Crippen LogP contribution is -2.41. The molecule has 0 atom stereocenters. The molecule has 0 unspecified atom stereocenters. The fourth-order valence-electron chi connectivity index (χ4n) is 3.07. The molecule has 3 rings (SSSR count). The number of carbonyl (C=O) groups excluding carboxylic acids is 1. The van der Waals surface area contributed by atoms with Crippen LogP contribution >= 0.6 is 0 Å². The number of hydrogen-bond donors (Lipinski definition) is 1. The van der Waals surface area contributed by atoms with Crippen LogP contribution in [0.1, 0.15) is 37.1 Å². The predicted molar refractivity (Wildman–Crippen MR) is 96.1 cm³/mol. The highest BCUT2D eigenvalue weighted by Crippen LogP contribution is 2.22.